The summed E-state index contributed by atoms with van der Waals surface area (Å²) in [6.45, 7) is 7.93. The molecule has 29 heavy (non-hydrogen) atoms. The zero-order valence-electron chi connectivity index (χ0n) is 16.9. The van der Waals surface area contributed by atoms with E-state index in [9.17, 15) is 0 Å². The molecule has 0 spiro atoms. The smallest absolute Gasteiger partial charge is 0.185 e. The lowest BCUT2D eigenvalue weighted by molar-refractivity contribution is 0.390. The fourth-order valence-corrected chi connectivity index (χ4v) is 4.58. The van der Waals surface area contributed by atoms with Crippen molar-refractivity contribution >= 4 is 39.5 Å². The molecule has 4 rings (SSSR count). The Labute approximate surface area is 182 Å². The first-order chi connectivity index (χ1) is 14.1. The molecular formula is C23H26N4S2. The number of aryl methyl sites for hydroxylation is 2. The third kappa shape index (κ3) is 4.77. The number of hydrogen-bond acceptors (Lipinski definition) is 4. The molecule has 1 aliphatic heterocycles. The van der Waals surface area contributed by atoms with Gasteiger partial charge in [-0.2, -0.15) is 0 Å². The fraction of sp³-hybridized carbons (Fsp3) is 0.304. The Morgan fingerprint density at radius 3 is 2.38 bits per heavy atom. The first-order valence-electron chi connectivity index (χ1n) is 10.0. The van der Waals surface area contributed by atoms with Crippen LogP contribution in [0.1, 0.15) is 18.1 Å². The van der Waals surface area contributed by atoms with Gasteiger partial charge in [0.15, 0.2) is 10.2 Å². The van der Waals surface area contributed by atoms with E-state index >= 15 is 0 Å². The number of hydrogen-bond donors (Lipinski definition) is 1. The highest BCUT2D eigenvalue weighted by atomic mass is 32.1. The first-order valence-corrected chi connectivity index (χ1v) is 11.3. The summed E-state index contributed by atoms with van der Waals surface area (Å²) in [6, 6.07) is 17.1. The minimum Gasteiger partial charge on any atom is -0.345 e. The second kappa shape index (κ2) is 8.93. The Bertz CT molecular complexity index is 955. The number of thiocarbonyl (C=S) groups is 1. The molecule has 0 unspecified atom stereocenters. The van der Waals surface area contributed by atoms with E-state index in [1.54, 1.807) is 11.3 Å². The van der Waals surface area contributed by atoms with E-state index < -0.39 is 0 Å². The molecule has 1 N–H and O–H groups in total. The molecule has 150 valence electrons. The van der Waals surface area contributed by atoms with Gasteiger partial charge in [-0.1, -0.05) is 48.9 Å². The van der Waals surface area contributed by atoms with Gasteiger partial charge in [-0.25, -0.2) is 4.98 Å². The molecule has 1 saturated heterocycles. The topological polar surface area (TPSA) is 31.4 Å². The van der Waals surface area contributed by atoms with E-state index in [0.29, 0.717) is 0 Å². The van der Waals surface area contributed by atoms with Gasteiger partial charge in [0.2, 0.25) is 0 Å². The van der Waals surface area contributed by atoms with Crippen molar-refractivity contribution in [3.8, 4) is 11.3 Å². The van der Waals surface area contributed by atoms with Crippen molar-refractivity contribution < 1.29 is 0 Å². The number of anilines is 2. The number of nitrogens with one attached hydrogen (secondary N) is 1. The monoisotopic (exact) mass is 422 g/mol. The fourth-order valence-electron chi connectivity index (χ4n) is 3.39. The third-order valence-corrected chi connectivity index (χ3v) is 6.55. The van der Waals surface area contributed by atoms with Crippen molar-refractivity contribution in [2.24, 2.45) is 0 Å². The van der Waals surface area contributed by atoms with E-state index in [-0.39, 0.29) is 0 Å². The summed E-state index contributed by atoms with van der Waals surface area (Å²) in [7, 11) is 0. The van der Waals surface area contributed by atoms with Crippen LogP contribution in [0.2, 0.25) is 0 Å². The van der Waals surface area contributed by atoms with Crippen LogP contribution in [0.3, 0.4) is 0 Å². The van der Waals surface area contributed by atoms with Gasteiger partial charge in [0.05, 0.1) is 5.69 Å². The second-order valence-corrected chi connectivity index (χ2v) is 8.56. The Morgan fingerprint density at radius 2 is 1.72 bits per heavy atom. The predicted molar refractivity (Wildman–Crippen MR) is 128 cm³/mol. The predicted octanol–water partition coefficient (Wildman–Crippen LogP) is 5.20. The van der Waals surface area contributed by atoms with E-state index in [0.717, 1.165) is 54.2 Å². The van der Waals surface area contributed by atoms with Crippen LogP contribution in [0.5, 0.6) is 0 Å². The Kier molecular flexibility index (Phi) is 6.11. The van der Waals surface area contributed by atoms with Crippen LogP contribution >= 0.6 is 23.6 Å². The molecule has 1 aromatic heterocycles. The number of rotatable bonds is 4. The maximum Gasteiger partial charge on any atom is 0.185 e. The van der Waals surface area contributed by atoms with E-state index in [4.69, 9.17) is 17.2 Å². The lowest BCUT2D eigenvalue weighted by Crippen LogP contribution is -2.50. The molecule has 0 saturated carbocycles. The largest absolute Gasteiger partial charge is 0.345 e. The molecule has 2 aromatic carbocycles. The Hall–Kier alpha value is -2.44. The summed E-state index contributed by atoms with van der Waals surface area (Å²) >= 11 is 7.35. The Balaban J connectivity index is 1.33. The van der Waals surface area contributed by atoms with Gasteiger partial charge in [-0.15, -0.1) is 11.3 Å². The number of aromatic nitrogens is 1. The summed E-state index contributed by atoms with van der Waals surface area (Å²) in [5.74, 6) is 0. The van der Waals surface area contributed by atoms with Gasteiger partial charge in [-0.3, -0.25) is 0 Å². The highest BCUT2D eigenvalue weighted by Gasteiger charge is 2.21. The molecule has 0 amide bonds. The summed E-state index contributed by atoms with van der Waals surface area (Å²) in [4.78, 5) is 9.47. The van der Waals surface area contributed by atoms with Crippen LogP contribution in [0, 0.1) is 6.92 Å². The zero-order valence-corrected chi connectivity index (χ0v) is 18.5. The average Bonchev–Trinajstić information content (AvgIpc) is 3.25. The van der Waals surface area contributed by atoms with Gasteiger partial charge in [0.25, 0.3) is 0 Å². The van der Waals surface area contributed by atoms with Crippen LogP contribution < -0.4 is 10.2 Å². The molecule has 0 radical (unpaired) electrons. The van der Waals surface area contributed by atoms with Crippen molar-refractivity contribution in [1.29, 1.82) is 0 Å². The number of piperazine rings is 1. The van der Waals surface area contributed by atoms with Crippen LogP contribution in [0.25, 0.3) is 11.3 Å². The summed E-state index contributed by atoms with van der Waals surface area (Å²) in [5, 5.41) is 7.42. The van der Waals surface area contributed by atoms with E-state index in [1.165, 1.54) is 16.7 Å². The number of nitrogens with zero attached hydrogens (tertiary/aromatic N) is 3. The van der Waals surface area contributed by atoms with Crippen LogP contribution in [-0.4, -0.2) is 41.2 Å². The normalized spacial score (nSPS) is 14.1. The second-order valence-electron chi connectivity index (χ2n) is 7.34. The van der Waals surface area contributed by atoms with Gasteiger partial charge < -0.3 is 15.1 Å². The van der Waals surface area contributed by atoms with Gasteiger partial charge >= 0.3 is 0 Å². The number of benzene rings is 2. The van der Waals surface area contributed by atoms with Crippen LogP contribution in [0.15, 0.2) is 53.9 Å². The van der Waals surface area contributed by atoms with Gasteiger partial charge in [0.1, 0.15) is 0 Å². The molecule has 1 aliphatic rings. The molecule has 3 aromatic rings. The standard InChI is InChI=1S/C23H26N4S2/c1-3-18-6-10-20(11-7-18)24-22(28)26-12-14-27(15-13-26)23-25-21(16-29-23)19-8-4-17(2)5-9-19/h4-11,16H,3,12-15H2,1-2H3,(H,24,28). The SMILES string of the molecule is CCc1ccc(NC(=S)N2CCN(c3nc(-c4ccc(C)cc4)cs3)CC2)cc1. The molecular weight excluding hydrogens is 396 g/mol. The molecule has 0 bridgehead atoms. The highest BCUT2D eigenvalue weighted by molar-refractivity contribution is 7.80. The minimum absolute atomic E-state index is 0.799. The van der Waals surface area contributed by atoms with E-state index in [1.807, 2.05) is 0 Å². The lowest BCUT2D eigenvalue weighted by atomic mass is 10.1. The highest BCUT2D eigenvalue weighted by Crippen LogP contribution is 2.28. The van der Waals surface area contributed by atoms with Crippen molar-refractivity contribution in [2.45, 2.75) is 20.3 Å². The average molecular weight is 423 g/mol. The third-order valence-electron chi connectivity index (χ3n) is 5.29. The first kappa shape index (κ1) is 19.9. The molecule has 0 aliphatic carbocycles. The molecule has 4 nitrogen and oxygen atoms in total. The quantitative estimate of drug-likeness (QED) is 0.584. The molecule has 6 heteroatoms. The lowest BCUT2D eigenvalue weighted by Gasteiger charge is -2.36. The van der Waals surface area contributed by atoms with E-state index in [2.05, 4.69) is 82.9 Å². The number of thiazole rings is 1. The van der Waals surface area contributed by atoms with Crippen molar-refractivity contribution in [2.75, 3.05) is 36.4 Å². The molecule has 1 fully saturated rings. The Morgan fingerprint density at radius 1 is 1.03 bits per heavy atom. The van der Waals surface area contributed by atoms with Crippen LogP contribution in [-0.2, 0) is 6.42 Å². The molecule has 0 atom stereocenters. The van der Waals surface area contributed by atoms with Crippen molar-refractivity contribution in [3.05, 3.63) is 65.0 Å². The summed E-state index contributed by atoms with van der Waals surface area (Å²) in [5.41, 5.74) is 5.89. The summed E-state index contributed by atoms with van der Waals surface area (Å²) in [6.07, 6.45) is 1.05. The van der Waals surface area contributed by atoms with Crippen molar-refractivity contribution in [1.82, 2.24) is 9.88 Å². The molecule has 2 heterocycles. The maximum atomic E-state index is 5.63. The minimum atomic E-state index is 0.799. The maximum absolute atomic E-state index is 5.63. The van der Waals surface area contributed by atoms with Gasteiger partial charge in [-0.05, 0) is 43.3 Å². The van der Waals surface area contributed by atoms with Crippen LogP contribution in [0.4, 0.5) is 10.8 Å². The zero-order chi connectivity index (χ0) is 20.2. The van der Waals surface area contributed by atoms with Crippen molar-refractivity contribution in [3.63, 3.8) is 0 Å². The van der Waals surface area contributed by atoms with Gasteiger partial charge in [0, 0.05) is 42.8 Å². The summed E-state index contributed by atoms with van der Waals surface area (Å²) < 4.78 is 0.